The molecule has 13 heavy (non-hydrogen) atoms. The molecule has 0 amide bonds. The molecule has 0 radical (unpaired) electrons. The lowest BCUT2D eigenvalue weighted by Gasteiger charge is -2.03. The molecule has 0 aliphatic rings. The fourth-order valence-electron chi connectivity index (χ4n) is 1.39. The molecule has 0 bridgehead atoms. The van der Waals surface area contributed by atoms with Crippen LogP contribution in [-0.2, 0) is 20.0 Å². The first-order chi connectivity index (χ1) is 6.13. The Labute approximate surface area is 80.2 Å². The molecule has 0 saturated heterocycles. The van der Waals surface area contributed by atoms with Gasteiger partial charge in [-0.05, 0) is 13.0 Å². The van der Waals surface area contributed by atoms with Crippen molar-refractivity contribution in [3.8, 4) is 0 Å². The second-order valence-corrected chi connectivity index (χ2v) is 3.89. The molecule has 0 spiro atoms. The van der Waals surface area contributed by atoms with Crippen molar-refractivity contribution in [2.75, 3.05) is 7.05 Å². The van der Waals surface area contributed by atoms with Gasteiger partial charge in [0.05, 0.1) is 5.69 Å². The van der Waals surface area contributed by atoms with E-state index in [2.05, 4.69) is 42.0 Å². The molecule has 0 atom stereocenters. The van der Waals surface area contributed by atoms with Gasteiger partial charge in [0.15, 0.2) is 0 Å². The first-order valence-electron chi connectivity index (χ1n) is 4.79. The Balaban J connectivity index is 2.71. The summed E-state index contributed by atoms with van der Waals surface area (Å²) in [5.41, 5.74) is 1.13. The summed E-state index contributed by atoms with van der Waals surface area (Å²) < 4.78 is 2.12. The summed E-state index contributed by atoms with van der Waals surface area (Å²) >= 11 is 0. The van der Waals surface area contributed by atoms with Gasteiger partial charge in [0.1, 0.15) is 5.82 Å². The van der Waals surface area contributed by atoms with Crippen LogP contribution >= 0.6 is 0 Å². The first kappa shape index (κ1) is 10.3. The zero-order valence-electron chi connectivity index (χ0n) is 8.96. The van der Waals surface area contributed by atoms with E-state index in [4.69, 9.17) is 0 Å². The highest BCUT2D eigenvalue weighted by atomic mass is 15.1. The molecule has 0 aromatic carbocycles. The normalized spacial score (nSPS) is 11.2. The van der Waals surface area contributed by atoms with Gasteiger partial charge < -0.3 is 9.88 Å². The molecule has 74 valence electrons. The third-order valence-electron chi connectivity index (χ3n) is 1.97. The molecular formula is C10H19N3. The standard InChI is InChI=1S/C10H19N3/c1-8(2)5-10-12-9(6-11-3)7-13(10)4/h7-8,11H,5-6H2,1-4H3. The number of nitrogens with one attached hydrogen (secondary N) is 1. The van der Waals surface area contributed by atoms with E-state index in [0.29, 0.717) is 5.92 Å². The van der Waals surface area contributed by atoms with E-state index < -0.39 is 0 Å². The predicted octanol–water partition coefficient (Wildman–Crippen LogP) is 1.34. The fraction of sp³-hybridized carbons (Fsp3) is 0.700. The lowest BCUT2D eigenvalue weighted by molar-refractivity contribution is 0.601. The van der Waals surface area contributed by atoms with Crippen LogP contribution in [0.2, 0.25) is 0 Å². The second kappa shape index (κ2) is 4.42. The molecule has 0 saturated carbocycles. The van der Waals surface area contributed by atoms with Crippen molar-refractivity contribution in [3.05, 3.63) is 17.7 Å². The molecule has 1 aromatic heterocycles. The van der Waals surface area contributed by atoms with Crippen LogP contribution in [0.4, 0.5) is 0 Å². The summed E-state index contributed by atoms with van der Waals surface area (Å²) in [6.45, 7) is 5.28. The number of hydrogen-bond acceptors (Lipinski definition) is 2. The molecule has 1 rings (SSSR count). The van der Waals surface area contributed by atoms with Crippen molar-refractivity contribution in [1.82, 2.24) is 14.9 Å². The van der Waals surface area contributed by atoms with Crippen LogP contribution in [0.15, 0.2) is 6.20 Å². The van der Waals surface area contributed by atoms with Crippen molar-refractivity contribution >= 4 is 0 Å². The monoisotopic (exact) mass is 181 g/mol. The maximum Gasteiger partial charge on any atom is 0.109 e. The molecule has 0 unspecified atom stereocenters. The third-order valence-corrected chi connectivity index (χ3v) is 1.97. The van der Waals surface area contributed by atoms with Crippen LogP contribution in [0.1, 0.15) is 25.4 Å². The van der Waals surface area contributed by atoms with Crippen LogP contribution < -0.4 is 5.32 Å². The summed E-state index contributed by atoms with van der Waals surface area (Å²) in [5.74, 6) is 1.85. The highest BCUT2D eigenvalue weighted by Gasteiger charge is 2.05. The molecule has 0 fully saturated rings. The maximum absolute atomic E-state index is 4.54. The highest BCUT2D eigenvalue weighted by molar-refractivity contribution is 5.03. The van der Waals surface area contributed by atoms with Gasteiger partial charge in [-0.1, -0.05) is 13.8 Å². The van der Waals surface area contributed by atoms with Crippen LogP contribution in [0, 0.1) is 5.92 Å². The Hall–Kier alpha value is -0.830. The van der Waals surface area contributed by atoms with Crippen molar-refractivity contribution in [2.45, 2.75) is 26.8 Å². The van der Waals surface area contributed by atoms with Crippen LogP contribution in [-0.4, -0.2) is 16.6 Å². The third kappa shape index (κ3) is 2.84. The fourth-order valence-corrected chi connectivity index (χ4v) is 1.39. The molecule has 1 aromatic rings. The van der Waals surface area contributed by atoms with Crippen molar-refractivity contribution in [1.29, 1.82) is 0 Å². The van der Waals surface area contributed by atoms with E-state index in [1.54, 1.807) is 0 Å². The van der Waals surface area contributed by atoms with Gasteiger partial charge in [-0.15, -0.1) is 0 Å². The number of aromatic nitrogens is 2. The van der Waals surface area contributed by atoms with Crippen molar-refractivity contribution in [3.63, 3.8) is 0 Å². The molecule has 3 heteroatoms. The molecule has 1 N–H and O–H groups in total. The Bertz CT molecular complexity index is 263. The van der Waals surface area contributed by atoms with E-state index in [9.17, 15) is 0 Å². The SMILES string of the molecule is CNCc1cn(C)c(CC(C)C)n1. The van der Waals surface area contributed by atoms with Gasteiger partial charge >= 0.3 is 0 Å². The van der Waals surface area contributed by atoms with E-state index in [-0.39, 0.29) is 0 Å². The summed E-state index contributed by atoms with van der Waals surface area (Å²) in [6, 6.07) is 0. The van der Waals surface area contributed by atoms with Gasteiger partial charge in [0.2, 0.25) is 0 Å². The number of nitrogens with zero attached hydrogens (tertiary/aromatic N) is 2. The van der Waals surface area contributed by atoms with Gasteiger partial charge in [-0.25, -0.2) is 4.98 Å². The summed E-state index contributed by atoms with van der Waals surface area (Å²) in [5, 5.41) is 3.10. The van der Waals surface area contributed by atoms with E-state index >= 15 is 0 Å². The number of hydrogen-bond donors (Lipinski definition) is 1. The van der Waals surface area contributed by atoms with E-state index in [1.807, 2.05) is 7.05 Å². The molecular weight excluding hydrogens is 162 g/mol. The lowest BCUT2D eigenvalue weighted by Crippen LogP contribution is -2.05. The quantitative estimate of drug-likeness (QED) is 0.759. The predicted molar refractivity (Wildman–Crippen MR) is 54.5 cm³/mol. The number of aryl methyl sites for hydroxylation is 1. The minimum Gasteiger partial charge on any atom is -0.338 e. The largest absolute Gasteiger partial charge is 0.338 e. The molecule has 3 nitrogen and oxygen atoms in total. The van der Waals surface area contributed by atoms with Gasteiger partial charge in [0, 0.05) is 26.2 Å². The average molecular weight is 181 g/mol. The maximum atomic E-state index is 4.54. The van der Waals surface area contributed by atoms with Gasteiger partial charge in [0.25, 0.3) is 0 Å². The topological polar surface area (TPSA) is 29.9 Å². The zero-order valence-corrected chi connectivity index (χ0v) is 8.96. The van der Waals surface area contributed by atoms with E-state index in [1.165, 1.54) is 5.82 Å². The zero-order chi connectivity index (χ0) is 9.84. The summed E-state index contributed by atoms with van der Waals surface area (Å²) in [4.78, 5) is 4.54. The van der Waals surface area contributed by atoms with Crippen LogP contribution in [0.3, 0.4) is 0 Å². The van der Waals surface area contributed by atoms with Gasteiger partial charge in [-0.3, -0.25) is 0 Å². The van der Waals surface area contributed by atoms with E-state index in [0.717, 1.165) is 18.7 Å². The Kier molecular flexibility index (Phi) is 3.48. The van der Waals surface area contributed by atoms with Gasteiger partial charge in [-0.2, -0.15) is 0 Å². The minimum atomic E-state index is 0.670. The number of rotatable bonds is 4. The Morgan fingerprint density at radius 3 is 2.77 bits per heavy atom. The van der Waals surface area contributed by atoms with Crippen molar-refractivity contribution in [2.24, 2.45) is 13.0 Å². The first-order valence-corrected chi connectivity index (χ1v) is 4.79. The molecule has 1 heterocycles. The summed E-state index contributed by atoms with van der Waals surface area (Å²) in [7, 11) is 4.00. The highest BCUT2D eigenvalue weighted by Crippen LogP contribution is 2.07. The van der Waals surface area contributed by atoms with Crippen LogP contribution in [0.5, 0.6) is 0 Å². The summed E-state index contributed by atoms with van der Waals surface area (Å²) in [6.07, 6.45) is 3.15. The Morgan fingerprint density at radius 2 is 2.23 bits per heavy atom. The molecule has 0 aliphatic heterocycles. The van der Waals surface area contributed by atoms with Crippen molar-refractivity contribution < 1.29 is 0 Å². The minimum absolute atomic E-state index is 0.670. The lowest BCUT2D eigenvalue weighted by atomic mass is 10.1. The smallest absolute Gasteiger partial charge is 0.109 e. The Morgan fingerprint density at radius 1 is 1.54 bits per heavy atom. The average Bonchev–Trinajstić information content (AvgIpc) is 2.31. The molecule has 0 aliphatic carbocycles. The number of imidazole rings is 1. The second-order valence-electron chi connectivity index (χ2n) is 3.89. The van der Waals surface area contributed by atoms with Crippen LogP contribution in [0.25, 0.3) is 0 Å².